The van der Waals surface area contributed by atoms with Gasteiger partial charge in [0.05, 0.1) is 6.26 Å². The monoisotopic (exact) mass is 417 g/mol. The Hall–Kier alpha value is -3.74. The summed E-state index contributed by atoms with van der Waals surface area (Å²) in [6.45, 7) is 3.85. The molecule has 158 valence electrons. The van der Waals surface area contributed by atoms with Gasteiger partial charge in [0, 0.05) is 42.6 Å². The van der Waals surface area contributed by atoms with Crippen molar-refractivity contribution in [2.45, 2.75) is 13.0 Å². The highest BCUT2D eigenvalue weighted by Crippen LogP contribution is 2.30. The van der Waals surface area contributed by atoms with Crippen molar-refractivity contribution >= 4 is 39.4 Å². The molecule has 7 nitrogen and oxygen atoms in total. The Morgan fingerprint density at radius 3 is 2.42 bits per heavy atom. The molecule has 7 heteroatoms. The Morgan fingerprint density at radius 2 is 1.65 bits per heavy atom. The molecule has 0 radical (unpaired) electrons. The summed E-state index contributed by atoms with van der Waals surface area (Å²) < 4.78 is 11.1. The summed E-state index contributed by atoms with van der Waals surface area (Å²) in [6.07, 6.45) is 1.49. The van der Waals surface area contributed by atoms with Gasteiger partial charge in [0.25, 0.3) is 5.91 Å². The molecule has 1 fully saturated rings. The Morgan fingerprint density at radius 1 is 0.903 bits per heavy atom. The van der Waals surface area contributed by atoms with Crippen molar-refractivity contribution in [3.63, 3.8) is 0 Å². The van der Waals surface area contributed by atoms with E-state index in [1.807, 2.05) is 49.4 Å². The van der Waals surface area contributed by atoms with Crippen molar-refractivity contribution in [3.8, 4) is 0 Å². The van der Waals surface area contributed by atoms with E-state index in [-0.39, 0.29) is 17.9 Å². The van der Waals surface area contributed by atoms with Gasteiger partial charge in [0.1, 0.15) is 17.2 Å². The molecule has 5 rings (SSSR count). The molecule has 4 aromatic rings. The molecule has 2 aromatic heterocycles. The van der Waals surface area contributed by atoms with Crippen molar-refractivity contribution in [2.75, 3.05) is 31.5 Å². The molecule has 1 aliphatic rings. The Labute approximate surface area is 179 Å². The highest BCUT2D eigenvalue weighted by atomic mass is 16.3. The molecule has 1 saturated heterocycles. The number of nitrogens with one attached hydrogen (secondary N) is 1. The minimum Gasteiger partial charge on any atom is -0.459 e. The van der Waals surface area contributed by atoms with E-state index in [0.29, 0.717) is 31.9 Å². The van der Waals surface area contributed by atoms with Crippen molar-refractivity contribution in [1.82, 2.24) is 9.80 Å². The average molecular weight is 417 g/mol. The molecule has 1 N–H and O–H groups in total. The maximum atomic E-state index is 13.0. The van der Waals surface area contributed by atoms with E-state index in [4.69, 9.17) is 8.83 Å². The number of para-hydroxylation sites is 1. The zero-order valence-electron chi connectivity index (χ0n) is 17.2. The number of carbonyl (C=O) groups excluding carboxylic acids is 2. The number of furan rings is 2. The largest absolute Gasteiger partial charge is 0.459 e. The third-order valence-electron chi connectivity index (χ3n) is 5.74. The third kappa shape index (κ3) is 3.63. The number of anilines is 1. The molecule has 0 saturated carbocycles. The average Bonchev–Trinajstić information content (AvgIpc) is 3.46. The normalized spacial score (nSPS) is 15.4. The molecule has 1 aliphatic heterocycles. The maximum absolute atomic E-state index is 13.0. The summed E-state index contributed by atoms with van der Waals surface area (Å²) in [5, 5.41) is 5.39. The van der Waals surface area contributed by atoms with Gasteiger partial charge >= 0.3 is 0 Å². The van der Waals surface area contributed by atoms with Crippen LogP contribution in [0.3, 0.4) is 0 Å². The number of nitrogens with zero attached hydrogens (tertiary/aromatic N) is 2. The van der Waals surface area contributed by atoms with Crippen LogP contribution < -0.4 is 5.32 Å². The van der Waals surface area contributed by atoms with Crippen molar-refractivity contribution in [3.05, 3.63) is 66.6 Å². The van der Waals surface area contributed by atoms with Crippen LogP contribution in [0.5, 0.6) is 0 Å². The molecule has 0 spiro atoms. The first-order valence-electron chi connectivity index (χ1n) is 10.4. The highest BCUT2D eigenvalue weighted by Gasteiger charge is 2.28. The first-order valence-corrected chi connectivity index (χ1v) is 10.4. The number of amides is 2. The van der Waals surface area contributed by atoms with E-state index in [1.54, 1.807) is 21.9 Å². The summed E-state index contributed by atoms with van der Waals surface area (Å²) in [7, 11) is 0. The summed E-state index contributed by atoms with van der Waals surface area (Å²) in [5.41, 5.74) is 2.54. The van der Waals surface area contributed by atoms with Gasteiger partial charge in [-0.1, -0.05) is 18.2 Å². The first kappa shape index (κ1) is 19.2. The van der Waals surface area contributed by atoms with Crippen molar-refractivity contribution in [1.29, 1.82) is 0 Å². The number of carbonyl (C=O) groups is 2. The molecule has 0 bridgehead atoms. The standard InChI is InChI=1S/C24H23N3O4/c1-16(23(28)26-10-12-27(13-11-26)24(29)22-7-4-14-30-22)25-17-8-9-21-19(15-17)18-5-2-3-6-20(18)31-21/h2-9,14-16,25H,10-13H2,1H3/t16-/m1/s1. The van der Waals surface area contributed by atoms with Crippen LogP contribution in [0.1, 0.15) is 17.5 Å². The second kappa shape index (κ2) is 7.83. The van der Waals surface area contributed by atoms with Gasteiger partial charge in [0.15, 0.2) is 5.76 Å². The van der Waals surface area contributed by atoms with Gasteiger partial charge in [-0.2, -0.15) is 0 Å². The molecule has 0 unspecified atom stereocenters. The zero-order chi connectivity index (χ0) is 21.4. The van der Waals surface area contributed by atoms with Gasteiger partial charge in [-0.05, 0) is 43.3 Å². The molecule has 0 aliphatic carbocycles. The fourth-order valence-electron chi connectivity index (χ4n) is 4.09. The lowest BCUT2D eigenvalue weighted by Gasteiger charge is -2.35. The second-order valence-electron chi connectivity index (χ2n) is 7.77. The Kier molecular flexibility index (Phi) is 4.86. The SMILES string of the molecule is C[C@@H](Nc1ccc2oc3ccccc3c2c1)C(=O)N1CCN(C(=O)c2ccco2)CC1. The summed E-state index contributed by atoms with van der Waals surface area (Å²) in [6, 6.07) is 16.8. The van der Waals surface area contributed by atoms with Gasteiger partial charge in [0.2, 0.25) is 5.91 Å². The van der Waals surface area contributed by atoms with E-state index >= 15 is 0 Å². The van der Waals surface area contributed by atoms with E-state index in [9.17, 15) is 9.59 Å². The van der Waals surface area contributed by atoms with Gasteiger partial charge < -0.3 is 24.0 Å². The minimum atomic E-state index is -0.386. The first-order chi connectivity index (χ1) is 15.1. The van der Waals surface area contributed by atoms with E-state index in [1.165, 1.54) is 6.26 Å². The topological polar surface area (TPSA) is 78.9 Å². The van der Waals surface area contributed by atoms with Crippen LogP contribution in [0.4, 0.5) is 5.69 Å². The van der Waals surface area contributed by atoms with Gasteiger partial charge in [-0.25, -0.2) is 0 Å². The Bertz CT molecular complexity index is 1240. The van der Waals surface area contributed by atoms with E-state index < -0.39 is 0 Å². The predicted octanol–water partition coefficient (Wildman–Crippen LogP) is 3.96. The van der Waals surface area contributed by atoms with Crippen LogP contribution in [0.15, 0.2) is 69.7 Å². The number of fused-ring (bicyclic) bond motifs is 3. The highest BCUT2D eigenvalue weighted by molar-refractivity contribution is 6.06. The van der Waals surface area contributed by atoms with Crippen LogP contribution >= 0.6 is 0 Å². The molecule has 1 atom stereocenters. The molecule has 31 heavy (non-hydrogen) atoms. The smallest absolute Gasteiger partial charge is 0.289 e. The second-order valence-corrected chi connectivity index (χ2v) is 7.77. The van der Waals surface area contributed by atoms with Crippen LogP contribution in [0.25, 0.3) is 21.9 Å². The number of benzene rings is 2. The molecular weight excluding hydrogens is 394 g/mol. The van der Waals surface area contributed by atoms with Crippen LogP contribution in [-0.2, 0) is 4.79 Å². The zero-order valence-corrected chi connectivity index (χ0v) is 17.2. The lowest BCUT2D eigenvalue weighted by Crippen LogP contribution is -2.53. The number of hydrogen-bond acceptors (Lipinski definition) is 5. The van der Waals surface area contributed by atoms with Gasteiger partial charge in [-0.3, -0.25) is 9.59 Å². The van der Waals surface area contributed by atoms with Gasteiger partial charge in [-0.15, -0.1) is 0 Å². The van der Waals surface area contributed by atoms with E-state index in [2.05, 4.69) is 5.32 Å². The van der Waals surface area contributed by atoms with Crippen molar-refractivity contribution in [2.24, 2.45) is 0 Å². The minimum absolute atomic E-state index is 0.0160. The third-order valence-corrected chi connectivity index (χ3v) is 5.74. The molecular formula is C24H23N3O4. The van der Waals surface area contributed by atoms with E-state index in [0.717, 1.165) is 27.6 Å². The Balaban J connectivity index is 1.23. The number of piperazine rings is 1. The van der Waals surface area contributed by atoms with Crippen LogP contribution in [-0.4, -0.2) is 53.8 Å². The fourth-order valence-corrected chi connectivity index (χ4v) is 4.09. The number of rotatable bonds is 4. The summed E-state index contributed by atoms with van der Waals surface area (Å²) in [4.78, 5) is 28.9. The fraction of sp³-hybridized carbons (Fsp3) is 0.250. The maximum Gasteiger partial charge on any atom is 0.289 e. The van der Waals surface area contributed by atoms with Crippen molar-refractivity contribution < 1.29 is 18.4 Å². The molecule has 3 heterocycles. The van der Waals surface area contributed by atoms with Crippen LogP contribution in [0, 0.1) is 0 Å². The quantitative estimate of drug-likeness (QED) is 0.544. The van der Waals surface area contributed by atoms with Crippen LogP contribution in [0.2, 0.25) is 0 Å². The lowest BCUT2D eigenvalue weighted by atomic mass is 10.1. The number of hydrogen-bond donors (Lipinski definition) is 1. The summed E-state index contributed by atoms with van der Waals surface area (Å²) in [5.74, 6) is 0.211. The molecule has 2 amide bonds. The summed E-state index contributed by atoms with van der Waals surface area (Å²) >= 11 is 0. The predicted molar refractivity (Wildman–Crippen MR) is 118 cm³/mol. The lowest BCUT2D eigenvalue weighted by molar-refractivity contribution is -0.133. The molecule has 2 aromatic carbocycles.